The Bertz CT molecular complexity index is 1160. The Morgan fingerprint density at radius 2 is 2.00 bits per heavy atom. The standard InChI is InChI=1S/C19H21ClN4O3S/c1-10-9-11(28(26,27)24-14-3-2-4-16(14)25)5-6-12(10)13-7-8-15-17(18(13)20)19(21)23-22-15/h5-9,14,16,24-25H,2-4H2,1H3,(H3,21,22,23). The summed E-state index contributed by atoms with van der Waals surface area (Å²) in [4.78, 5) is 0.160. The van der Waals surface area contributed by atoms with E-state index in [0.717, 1.165) is 28.6 Å². The van der Waals surface area contributed by atoms with E-state index in [1.807, 2.05) is 19.1 Å². The third kappa shape index (κ3) is 3.26. The number of aryl methyl sites for hydroxylation is 1. The highest BCUT2D eigenvalue weighted by atomic mass is 35.5. The summed E-state index contributed by atoms with van der Waals surface area (Å²) in [6.07, 6.45) is 1.42. The average Bonchev–Trinajstić information content (AvgIpc) is 3.22. The highest BCUT2D eigenvalue weighted by Crippen LogP contribution is 2.38. The first kappa shape index (κ1) is 19.2. The van der Waals surface area contributed by atoms with Crippen LogP contribution in [0.3, 0.4) is 0 Å². The number of nitrogens with zero attached hydrogens (tertiary/aromatic N) is 1. The van der Waals surface area contributed by atoms with E-state index in [9.17, 15) is 13.5 Å². The lowest BCUT2D eigenvalue weighted by molar-refractivity contribution is 0.159. The van der Waals surface area contributed by atoms with Gasteiger partial charge in [0, 0.05) is 11.6 Å². The zero-order valence-corrected chi connectivity index (χ0v) is 16.8. The number of aromatic nitrogens is 2. The van der Waals surface area contributed by atoms with Crippen LogP contribution in [0.15, 0.2) is 35.2 Å². The fraction of sp³-hybridized carbons (Fsp3) is 0.316. The highest BCUT2D eigenvalue weighted by molar-refractivity contribution is 7.89. The predicted octanol–water partition coefficient (Wildman–Crippen LogP) is 2.97. The lowest BCUT2D eigenvalue weighted by atomic mass is 9.99. The van der Waals surface area contributed by atoms with Crippen molar-refractivity contribution < 1.29 is 13.5 Å². The Hall–Kier alpha value is -2.13. The van der Waals surface area contributed by atoms with Crippen LogP contribution in [-0.2, 0) is 10.0 Å². The summed E-state index contributed by atoms with van der Waals surface area (Å²) in [6.45, 7) is 1.83. The number of nitrogens with two attached hydrogens (primary N) is 1. The van der Waals surface area contributed by atoms with Crippen LogP contribution in [-0.4, -0.2) is 35.9 Å². The summed E-state index contributed by atoms with van der Waals surface area (Å²) in [6, 6.07) is 8.15. The molecule has 9 heteroatoms. The summed E-state index contributed by atoms with van der Waals surface area (Å²) in [5.74, 6) is 0.318. The number of nitrogens with one attached hydrogen (secondary N) is 2. The van der Waals surface area contributed by atoms with Gasteiger partial charge in [0.05, 0.1) is 26.9 Å². The molecule has 4 rings (SSSR count). The van der Waals surface area contributed by atoms with Crippen molar-refractivity contribution in [1.29, 1.82) is 0 Å². The number of rotatable bonds is 4. The second-order valence-corrected chi connectivity index (χ2v) is 9.25. The number of benzene rings is 2. The number of aromatic amines is 1. The van der Waals surface area contributed by atoms with E-state index in [1.165, 1.54) is 0 Å². The molecule has 0 saturated heterocycles. The van der Waals surface area contributed by atoms with E-state index in [1.54, 1.807) is 18.2 Å². The molecule has 1 aromatic heterocycles. The van der Waals surface area contributed by atoms with E-state index in [2.05, 4.69) is 14.9 Å². The van der Waals surface area contributed by atoms with Crippen molar-refractivity contribution >= 4 is 38.3 Å². The summed E-state index contributed by atoms with van der Waals surface area (Å²) in [5, 5.41) is 17.8. The zero-order chi connectivity index (χ0) is 20.1. The Kier molecular flexibility index (Phi) is 4.83. The zero-order valence-electron chi connectivity index (χ0n) is 15.2. The van der Waals surface area contributed by atoms with Gasteiger partial charge in [0.1, 0.15) is 0 Å². The minimum Gasteiger partial charge on any atom is -0.391 e. The van der Waals surface area contributed by atoms with E-state index in [4.69, 9.17) is 17.3 Å². The first-order valence-electron chi connectivity index (χ1n) is 9.01. The average molecular weight is 421 g/mol. The molecule has 1 fully saturated rings. The number of anilines is 1. The SMILES string of the molecule is Cc1cc(S(=O)(=O)NC2CCCC2O)ccc1-c1ccc2[nH]nc(N)c2c1Cl. The minimum atomic E-state index is -3.72. The Balaban J connectivity index is 1.70. The van der Waals surface area contributed by atoms with E-state index in [-0.39, 0.29) is 4.90 Å². The molecule has 1 heterocycles. The lowest BCUT2D eigenvalue weighted by Crippen LogP contribution is -2.39. The molecule has 2 atom stereocenters. The van der Waals surface area contributed by atoms with Crippen molar-refractivity contribution in [3.8, 4) is 11.1 Å². The summed E-state index contributed by atoms with van der Waals surface area (Å²) >= 11 is 6.56. The molecular weight excluding hydrogens is 400 g/mol. The molecule has 0 aliphatic heterocycles. The quantitative estimate of drug-likeness (QED) is 0.517. The van der Waals surface area contributed by atoms with Crippen molar-refractivity contribution in [2.75, 3.05) is 5.73 Å². The largest absolute Gasteiger partial charge is 0.391 e. The van der Waals surface area contributed by atoms with Crippen LogP contribution in [0.2, 0.25) is 5.02 Å². The molecule has 2 unspecified atom stereocenters. The third-order valence-corrected chi connectivity index (χ3v) is 7.16. The van der Waals surface area contributed by atoms with Gasteiger partial charge in [-0.3, -0.25) is 5.10 Å². The van der Waals surface area contributed by atoms with Crippen molar-refractivity contribution in [3.05, 3.63) is 40.9 Å². The Morgan fingerprint density at radius 3 is 2.68 bits per heavy atom. The molecule has 5 N–H and O–H groups in total. The number of sulfonamides is 1. The number of aliphatic hydroxyl groups is 1. The molecule has 2 aromatic carbocycles. The van der Waals surface area contributed by atoms with E-state index >= 15 is 0 Å². The van der Waals surface area contributed by atoms with Crippen molar-refractivity contribution in [3.63, 3.8) is 0 Å². The van der Waals surface area contributed by atoms with Gasteiger partial charge in [0.15, 0.2) is 5.82 Å². The van der Waals surface area contributed by atoms with Gasteiger partial charge in [-0.05, 0) is 55.5 Å². The monoisotopic (exact) mass is 420 g/mol. The van der Waals surface area contributed by atoms with Gasteiger partial charge in [-0.2, -0.15) is 5.10 Å². The molecule has 7 nitrogen and oxygen atoms in total. The van der Waals surface area contributed by atoms with Gasteiger partial charge in [0.2, 0.25) is 10.0 Å². The second kappa shape index (κ2) is 7.04. The first-order chi connectivity index (χ1) is 13.3. The van der Waals surface area contributed by atoms with Crippen LogP contribution < -0.4 is 10.5 Å². The number of aliphatic hydroxyl groups excluding tert-OH is 1. The number of hydrogen-bond donors (Lipinski definition) is 4. The molecule has 0 spiro atoms. The van der Waals surface area contributed by atoms with Crippen LogP contribution in [0.25, 0.3) is 22.0 Å². The fourth-order valence-corrected chi connectivity index (χ4v) is 5.51. The first-order valence-corrected chi connectivity index (χ1v) is 10.9. The Labute approximate surface area is 167 Å². The molecule has 1 aliphatic carbocycles. The van der Waals surface area contributed by atoms with Crippen molar-refractivity contribution in [1.82, 2.24) is 14.9 Å². The molecule has 0 bridgehead atoms. The maximum atomic E-state index is 12.7. The van der Waals surface area contributed by atoms with Gasteiger partial charge in [-0.15, -0.1) is 0 Å². The van der Waals surface area contributed by atoms with Gasteiger partial charge >= 0.3 is 0 Å². The van der Waals surface area contributed by atoms with Gasteiger partial charge in [-0.25, -0.2) is 13.1 Å². The van der Waals surface area contributed by atoms with Crippen LogP contribution in [0.1, 0.15) is 24.8 Å². The molecule has 1 saturated carbocycles. The number of nitrogen functional groups attached to an aromatic ring is 1. The highest BCUT2D eigenvalue weighted by Gasteiger charge is 2.30. The number of fused-ring (bicyclic) bond motifs is 1. The fourth-order valence-electron chi connectivity index (χ4n) is 3.75. The van der Waals surface area contributed by atoms with Crippen molar-refractivity contribution in [2.24, 2.45) is 0 Å². The summed E-state index contributed by atoms with van der Waals surface area (Å²) in [7, 11) is -3.72. The molecule has 148 valence electrons. The maximum absolute atomic E-state index is 12.7. The maximum Gasteiger partial charge on any atom is 0.240 e. The van der Waals surface area contributed by atoms with Crippen LogP contribution in [0.4, 0.5) is 5.82 Å². The Morgan fingerprint density at radius 1 is 1.25 bits per heavy atom. The van der Waals surface area contributed by atoms with Crippen LogP contribution in [0, 0.1) is 6.92 Å². The molecule has 1 aliphatic rings. The third-order valence-electron chi connectivity index (χ3n) is 5.28. The lowest BCUT2D eigenvalue weighted by Gasteiger charge is -2.17. The summed E-state index contributed by atoms with van der Waals surface area (Å²) < 4.78 is 28.0. The normalized spacial score (nSPS) is 20.1. The van der Waals surface area contributed by atoms with E-state index in [0.29, 0.717) is 29.1 Å². The van der Waals surface area contributed by atoms with Crippen molar-refractivity contribution in [2.45, 2.75) is 43.2 Å². The summed E-state index contributed by atoms with van der Waals surface area (Å²) in [5.41, 5.74) is 8.96. The smallest absolute Gasteiger partial charge is 0.240 e. The number of hydrogen-bond acceptors (Lipinski definition) is 5. The molecule has 3 aromatic rings. The number of halogens is 1. The van der Waals surface area contributed by atoms with E-state index < -0.39 is 22.2 Å². The van der Waals surface area contributed by atoms with Crippen LogP contribution >= 0.6 is 11.6 Å². The second-order valence-electron chi connectivity index (χ2n) is 7.16. The van der Waals surface area contributed by atoms with Gasteiger partial charge in [0.25, 0.3) is 0 Å². The topological polar surface area (TPSA) is 121 Å². The predicted molar refractivity (Wildman–Crippen MR) is 110 cm³/mol. The molecule has 28 heavy (non-hydrogen) atoms. The molecule has 0 radical (unpaired) electrons. The molecular formula is C19H21ClN4O3S. The van der Waals surface area contributed by atoms with Gasteiger partial charge in [-0.1, -0.05) is 23.7 Å². The number of H-pyrrole nitrogens is 1. The molecule has 0 amide bonds. The van der Waals surface area contributed by atoms with Crippen LogP contribution in [0.5, 0.6) is 0 Å². The minimum absolute atomic E-state index is 0.160. The van der Waals surface area contributed by atoms with Gasteiger partial charge < -0.3 is 10.8 Å².